The summed E-state index contributed by atoms with van der Waals surface area (Å²) < 4.78 is 5.58. The largest absolute Gasteiger partial charge is 0.489 e. The van der Waals surface area contributed by atoms with E-state index in [1.54, 1.807) is 37.3 Å². The molecule has 0 heterocycles. The fourth-order valence-corrected chi connectivity index (χ4v) is 1.75. The zero-order valence-electron chi connectivity index (χ0n) is 10.5. The van der Waals surface area contributed by atoms with Gasteiger partial charge in [0.25, 0.3) is 5.69 Å². The van der Waals surface area contributed by atoms with Crippen LogP contribution in [0.1, 0.15) is 11.1 Å². The number of hydrogen-bond donors (Lipinski definition) is 1. The van der Waals surface area contributed by atoms with Gasteiger partial charge in [0.2, 0.25) is 0 Å². The van der Waals surface area contributed by atoms with Gasteiger partial charge in [-0.3, -0.25) is 10.1 Å². The van der Waals surface area contributed by atoms with Gasteiger partial charge in [-0.1, -0.05) is 12.1 Å². The lowest BCUT2D eigenvalue weighted by atomic mass is 10.1. The van der Waals surface area contributed by atoms with Crippen LogP contribution in [0.5, 0.6) is 5.75 Å². The van der Waals surface area contributed by atoms with E-state index >= 15 is 0 Å². The predicted molar refractivity (Wildman–Crippen MR) is 73.0 cm³/mol. The van der Waals surface area contributed by atoms with Gasteiger partial charge >= 0.3 is 0 Å². The van der Waals surface area contributed by atoms with Gasteiger partial charge in [0.05, 0.1) is 4.92 Å². The molecular weight excluding hydrogens is 244 g/mol. The lowest BCUT2D eigenvalue weighted by molar-refractivity contribution is -0.385. The van der Waals surface area contributed by atoms with Crippen LogP contribution in [0, 0.1) is 17.0 Å². The fourth-order valence-electron chi connectivity index (χ4n) is 1.75. The molecule has 0 saturated carbocycles. The van der Waals surface area contributed by atoms with Crippen molar-refractivity contribution in [3.8, 4) is 5.75 Å². The van der Waals surface area contributed by atoms with Crippen molar-refractivity contribution in [2.75, 3.05) is 5.73 Å². The van der Waals surface area contributed by atoms with Gasteiger partial charge in [-0.25, -0.2) is 0 Å². The molecule has 19 heavy (non-hydrogen) atoms. The Morgan fingerprint density at radius 2 is 1.89 bits per heavy atom. The smallest absolute Gasteiger partial charge is 0.272 e. The Morgan fingerprint density at radius 1 is 1.21 bits per heavy atom. The highest BCUT2D eigenvalue weighted by Crippen LogP contribution is 2.22. The highest BCUT2D eigenvalue weighted by Gasteiger charge is 2.13. The minimum atomic E-state index is -0.387. The lowest BCUT2D eigenvalue weighted by Gasteiger charge is -2.09. The van der Waals surface area contributed by atoms with Gasteiger partial charge in [0.1, 0.15) is 12.4 Å². The van der Waals surface area contributed by atoms with Crippen molar-refractivity contribution in [1.29, 1.82) is 0 Å². The molecular formula is C14H14N2O3. The first-order valence-electron chi connectivity index (χ1n) is 5.79. The van der Waals surface area contributed by atoms with Gasteiger partial charge in [0, 0.05) is 17.3 Å². The molecule has 0 aliphatic rings. The van der Waals surface area contributed by atoms with Crippen molar-refractivity contribution in [3.05, 3.63) is 63.7 Å². The quantitative estimate of drug-likeness (QED) is 0.519. The Balaban J connectivity index is 2.13. The van der Waals surface area contributed by atoms with Crippen molar-refractivity contribution in [3.63, 3.8) is 0 Å². The number of anilines is 1. The van der Waals surface area contributed by atoms with E-state index in [-0.39, 0.29) is 17.2 Å². The highest BCUT2D eigenvalue weighted by atomic mass is 16.6. The minimum Gasteiger partial charge on any atom is -0.489 e. The molecule has 0 unspecified atom stereocenters. The molecule has 0 radical (unpaired) electrons. The van der Waals surface area contributed by atoms with Crippen LogP contribution >= 0.6 is 0 Å². The molecule has 0 fully saturated rings. The summed E-state index contributed by atoms with van der Waals surface area (Å²) in [7, 11) is 0. The molecule has 2 N–H and O–H groups in total. The van der Waals surface area contributed by atoms with Crippen LogP contribution < -0.4 is 10.5 Å². The van der Waals surface area contributed by atoms with E-state index in [9.17, 15) is 10.1 Å². The summed E-state index contributed by atoms with van der Waals surface area (Å²) in [6, 6.07) is 12.0. The fraction of sp³-hybridized carbons (Fsp3) is 0.143. The maximum atomic E-state index is 10.8. The molecule has 0 bridgehead atoms. The van der Waals surface area contributed by atoms with Crippen LogP contribution in [0.4, 0.5) is 11.4 Å². The van der Waals surface area contributed by atoms with Crippen LogP contribution in [-0.4, -0.2) is 4.92 Å². The van der Waals surface area contributed by atoms with Gasteiger partial charge in [-0.2, -0.15) is 0 Å². The number of benzene rings is 2. The van der Waals surface area contributed by atoms with Crippen LogP contribution in [0.3, 0.4) is 0 Å². The van der Waals surface area contributed by atoms with E-state index in [1.807, 2.05) is 6.07 Å². The lowest BCUT2D eigenvalue weighted by Crippen LogP contribution is -2.01. The summed E-state index contributed by atoms with van der Waals surface area (Å²) in [4.78, 5) is 10.4. The minimum absolute atomic E-state index is 0.110. The van der Waals surface area contributed by atoms with E-state index in [1.165, 1.54) is 6.07 Å². The molecule has 98 valence electrons. The van der Waals surface area contributed by atoms with Gasteiger partial charge < -0.3 is 10.5 Å². The van der Waals surface area contributed by atoms with Crippen molar-refractivity contribution in [2.45, 2.75) is 13.5 Å². The van der Waals surface area contributed by atoms with Crippen molar-refractivity contribution < 1.29 is 9.66 Å². The monoisotopic (exact) mass is 258 g/mol. The Kier molecular flexibility index (Phi) is 3.66. The SMILES string of the molecule is Cc1c(COc2ccc(N)cc2)cccc1[N+](=O)[O-]. The summed E-state index contributed by atoms with van der Waals surface area (Å²) in [6.07, 6.45) is 0. The molecule has 5 nitrogen and oxygen atoms in total. The number of nitrogens with zero attached hydrogens (tertiary/aromatic N) is 1. The number of ether oxygens (including phenoxy) is 1. The molecule has 2 aromatic rings. The van der Waals surface area contributed by atoms with Crippen LogP contribution in [0.25, 0.3) is 0 Å². The summed E-state index contributed by atoms with van der Waals surface area (Å²) in [5.41, 5.74) is 7.78. The number of nitrogens with two attached hydrogens (primary N) is 1. The normalized spacial score (nSPS) is 10.2. The number of nitro groups is 1. The Labute approximate surface area is 110 Å². The number of hydrogen-bond acceptors (Lipinski definition) is 4. The molecule has 5 heteroatoms. The maximum Gasteiger partial charge on any atom is 0.272 e. The summed E-state index contributed by atoms with van der Waals surface area (Å²) >= 11 is 0. The van der Waals surface area contributed by atoms with Crippen LogP contribution in [0.2, 0.25) is 0 Å². The van der Waals surface area contributed by atoms with E-state index in [0.29, 0.717) is 17.0 Å². The summed E-state index contributed by atoms with van der Waals surface area (Å²) in [5, 5.41) is 10.8. The second kappa shape index (κ2) is 5.39. The predicted octanol–water partition coefficient (Wildman–Crippen LogP) is 3.06. The Morgan fingerprint density at radius 3 is 2.53 bits per heavy atom. The van der Waals surface area contributed by atoms with E-state index < -0.39 is 0 Å². The second-order valence-corrected chi connectivity index (χ2v) is 4.18. The Hall–Kier alpha value is -2.56. The molecule has 0 amide bonds. The van der Waals surface area contributed by atoms with Crippen LogP contribution in [-0.2, 0) is 6.61 Å². The topological polar surface area (TPSA) is 78.4 Å². The van der Waals surface area contributed by atoms with Crippen molar-refractivity contribution >= 4 is 11.4 Å². The van der Waals surface area contributed by atoms with Gasteiger partial charge in [-0.15, -0.1) is 0 Å². The van der Waals surface area contributed by atoms with E-state index in [2.05, 4.69) is 0 Å². The zero-order chi connectivity index (χ0) is 13.8. The Bertz CT molecular complexity index is 594. The summed E-state index contributed by atoms with van der Waals surface area (Å²) in [5.74, 6) is 0.681. The first-order chi connectivity index (χ1) is 9.08. The van der Waals surface area contributed by atoms with Crippen molar-refractivity contribution in [2.24, 2.45) is 0 Å². The molecule has 0 spiro atoms. The number of nitrogen functional groups attached to an aromatic ring is 1. The molecule has 0 saturated heterocycles. The number of rotatable bonds is 4. The average molecular weight is 258 g/mol. The van der Waals surface area contributed by atoms with E-state index in [0.717, 1.165) is 5.56 Å². The standard InChI is InChI=1S/C14H14N2O3/c1-10-11(3-2-4-14(10)16(17)18)9-19-13-7-5-12(15)6-8-13/h2-8H,9,15H2,1H3. The van der Waals surface area contributed by atoms with Gasteiger partial charge in [-0.05, 0) is 36.8 Å². The molecule has 0 atom stereocenters. The molecule has 2 rings (SSSR count). The van der Waals surface area contributed by atoms with Crippen molar-refractivity contribution in [1.82, 2.24) is 0 Å². The van der Waals surface area contributed by atoms with E-state index in [4.69, 9.17) is 10.5 Å². The third-order valence-corrected chi connectivity index (χ3v) is 2.89. The molecule has 0 aromatic heterocycles. The highest BCUT2D eigenvalue weighted by molar-refractivity contribution is 5.45. The maximum absolute atomic E-state index is 10.8. The third kappa shape index (κ3) is 3.01. The van der Waals surface area contributed by atoms with Gasteiger partial charge in [0.15, 0.2) is 0 Å². The molecule has 0 aliphatic carbocycles. The zero-order valence-corrected chi connectivity index (χ0v) is 10.5. The first kappa shape index (κ1) is 12.9. The third-order valence-electron chi connectivity index (χ3n) is 2.89. The average Bonchev–Trinajstić information content (AvgIpc) is 2.39. The molecule has 2 aromatic carbocycles. The second-order valence-electron chi connectivity index (χ2n) is 4.18. The van der Waals surface area contributed by atoms with Crippen LogP contribution in [0.15, 0.2) is 42.5 Å². The summed E-state index contributed by atoms with van der Waals surface area (Å²) in [6.45, 7) is 2.01. The molecule has 0 aliphatic heterocycles. The number of nitro benzene ring substituents is 1. The first-order valence-corrected chi connectivity index (χ1v) is 5.79.